The van der Waals surface area contributed by atoms with Crippen molar-refractivity contribution in [2.75, 3.05) is 20.8 Å². The fourth-order valence-corrected chi connectivity index (χ4v) is 1.43. The van der Waals surface area contributed by atoms with E-state index in [1.165, 1.54) is 21.1 Å². The van der Waals surface area contributed by atoms with Gasteiger partial charge in [0, 0.05) is 0 Å². The predicted octanol–water partition coefficient (Wildman–Crippen LogP) is 0.490. The molecule has 1 atom stereocenters. The van der Waals surface area contributed by atoms with Crippen molar-refractivity contribution in [1.29, 1.82) is 0 Å². The molecule has 0 aliphatic heterocycles. The van der Waals surface area contributed by atoms with Gasteiger partial charge in [-0.1, -0.05) is 6.07 Å². The van der Waals surface area contributed by atoms with Gasteiger partial charge in [-0.15, -0.1) is 0 Å². The van der Waals surface area contributed by atoms with Crippen LogP contribution in [0.25, 0.3) is 0 Å². The Kier molecular flexibility index (Phi) is 5.14. The number of esters is 1. The maximum absolute atomic E-state index is 11.3. The Morgan fingerprint density at radius 2 is 2.00 bits per heavy atom. The number of carbonyl (C=O) groups excluding carboxylic acids is 1. The fraction of sp³-hybridized carbons (Fsp3) is 0.462. The van der Waals surface area contributed by atoms with Crippen molar-refractivity contribution in [3.63, 3.8) is 0 Å². The van der Waals surface area contributed by atoms with Crippen LogP contribution >= 0.6 is 0 Å². The molecule has 0 aromatic heterocycles. The molecule has 0 saturated heterocycles. The molecular formula is C13H18O6. The second-order valence-electron chi connectivity index (χ2n) is 4.20. The van der Waals surface area contributed by atoms with Gasteiger partial charge in [0.25, 0.3) is 0 Å². The first-order valence-electron chi connectivity index (χ1n) is 5.66. The summed E-state index contributed by atoms with van der Waals surface area (Å²) < 4.78 is 14.9. The van der Waals surface area contributed by atoms with Crippen molar-refractivity contribution in [1.82, 2.24) is 0 Å². The Morgan fingerprint density at radius 3 is 2.53 bits per heavy atom. The molecule has 0 aliphatic rings. The van der Waals surface area contributed by atoms with Gasteiger partial charge in [-0.25, -0.2) is 4.79 Å². The summed E-state index contributed by atoms with van der Waals surface area (Å²) in [6.45, 7) is 0.915. The Balaban J connectivity index is 2.80. The van der Waals surface area contributed by atoms with E-state index >= 15 is 0 Å². The lowest BCUT2D eigenvalue weighted by Gasteiger charge is -2.21. The van der Waals surface area contributed by atoms with Gasteiger partial charge in [0.15, 0.2) is 17.1 Å². The molecular weight excluding hydrogens is 252 g/mol. The molecule has 0 aliphatic carbocycles. The van der Waals surface area contributed by atoms with E-state index in [1.807, 2.05) is 0 Å². The molecule has 0 radical (unpaired) electrons. The highest BCUT2D eigenvalue weighted by Gasteiger charge is 2.32. The van der Waals surface area contributed by atoms with Crippen LogP contribution in [0.5, 0.6) is 11.5 Å². The lowest BCUT2D eigenvalue weighted by Crippen LogP contribution is -2.42. The molecule has 1 rings (SSSR count). The maximum Gasteiger partial charge on any atom is 0.341 e. The van der Waals surface area contributed by atoms with Crippen LogP contribution < -0.4 is 9.47 Å². The van der Waals surface area contributed by atoms with Gasteiger partial charge < -0.3 is 24.4 Å². The summed E-state index contributed by atoms with van der Waals surface area (Å²) in [5.74, 6) is -0.00506. The Labute approximate surface area is 111 Å². The van der Waals surface area contributed by atoms with E-state index in [0.29, 0.717) is 17.1 Å². The van der Waals surface area contributed by atoms with Gasteiger partial charge in [-0.3, -0.25) is 0 Å². The van der Waals surface area contributed by atoms with E-state index in [4.69, 9.17) is 14.6 Å². The summed E-state index contributed by atoms with van der Waals surface area (Å²) in [5.41, 5.74) is -1.07. The number of rotatable bonds is 6. The smallest absolute Gasteiger partial charge is 0.341 e. The molecule has 6 nitrogen and oxygen atoms in total. The van der Waals surface area contributed by atoms with Crippen LogP contribution in [-0.2, 0) is 16.1 Å². The average molecular weight is 270 g/mol. The zero-order valence-corrected chi connectivity index (χ0v) is 11.2. The minimum Gasteiger partial charge on any atom is -0.493 e. The van der Waals surface area contributed by atoms with Gasteiger partial charge in [-0.05, 0) is 24.6 Å². The molecule has 1 aromatic rings. The quantitative estimate of drug-likeness (QED) is 0.732. The van der Waals surface area contributed by atoms with Crippen molar-refractivity contribution in [2.24, 2.45) is 0 Å². The number of aliphatic hydroxyl groups is 2. The van der Waals surface area contributed by atoms with E-state index in [1.54, 1.807) is 18.2 Å². The number of ether oxygens (including phenoxy) is 3. The van der Waals surface area contributed by atoms with Crippen LogP contribution in [0.3, 0.4) is 0 Å². The van der Waals surface area contributed by atoms with Gasteiger partial charge in [0.05, 0.1) is 20.8 Å². The first kappa shape index (κ1) is 15.3. The highest BCUT2D eigenvalue weighted by molar-refractivity contribution is 5.78. The van der Waals surface area contributed by atoms with Gasteiger partial charge >= 0.3 is 5.97 Å². The molecule has 6 heteroatoms. The topological polar surface area (TPSA) is 85.2 Å². The van der Waals surface area contributed by atoms with E-state index in [-0.39, 0.29) is 13.2 Å². The van der Waals surface area contributed by atoms with Crippen LogP contribution in [-0.4, -0.2) is 42.6 Å². The molecule has 0 saturated carbocycles. The number of carbonyl (C=O) groups is 1. The molecule has 1 aromatic carbocycles. The number of hydrogen-bond acceptors (Lipinski definition) is 6. The summed E-state index contributed by atoms with van der Waals surface area (Å²) >= 11 is 0. The zero-order valence-electron chi connectivity index (χ0n) is 11.2. The third kappa shape index (κ3) is 3.84. The summed E-state index contributed by atoms with van der Waals surface area (Å²) in [5, 5.41) is 18.8. The molecule has 0 fully saturated rings. The monoisotopic (exact) mass is 270 g/mol. The lowest BCUT2D eigenvalue weighted by molar-refractivity contribution is -0.163. The SMILES string of the molecule is COC(=O)C(C)(O)COc1ccc(CO)cc1OC. The Hall–Kier alpha value is -1.79. The molecule has 0 spiro atoms. The summed E-state index contributed by atoms with van der Waals surface area (Å²) in [6.07, 6.45) is 0. The highest BCUT2D eigenvalue weighted by Crippen LogP contribution is 2.28. The largest absolute Gasteiger partial charge is 0.493 e. The first-order chi connectivity index (χ1) is 8.94. The summed E-state index contributed by atoms with van der Waals surface area (Å²) in [4.78, 5) is 11.3. The van der Waals surface area contributed by atoms with E-state index < -0.39 is 11.6 Å². The van der Waals surface area contributed by atoms with Gasteiger partial charge in [0.2, 0.25) is 0 Å². The maximum atomic E-state index is 11.3. The number of benzene rings is 1. The molecule has 0 bridgehead atoms. The van der Waals surface area contributed by atoms with Crippen molar-refractivity contribution < 1.29 is 29.2 Å². The summed E-state index contributed by atoms with van der Waals surface area (Å²) in [7, 11) is 2.65. The van der Waals surface area contributed by atoms with Crippen molar-refractivity contribution in [3.05, 3.63) is 23.8 Å². The third-order valence-electron chi connectivity index (χ3n) is 2.54. The van der Waals surface area contributed by atoms with E-state index in [0.717, 1.165) is 0 Å². The van der Waals surface area contributed by atoms with Crippen molar-refractivity contribution in [2.45, 2.75) is 19.1 Å². The normalized spacial score (nSPS) is 13.5. The molecule has 2 N–H and O–H groups in total. The molecule has 106 valence electrons. The van der Waals surface area contributed by atoms with Crippen molar-refractivity contribution >= 4 is 5.97 Å². The highest BCUT2D eigenvalue weighted by atomic mass is 16.6. The minimum absolute atomic E-state index is 0.115. The van der Waals surface area contributed by atoms with Crippen LogP contribution in [0.2, 0.25) is 0 Å². The zero-order chi connectivity index (χ0) is 14.5. The molecule has 0 amide bonds. The van der Waals surface area contributed by atoms with E-state index in [2.05, 4.69) is 4.74 Å². The van der Waals surface area contributed by atoms with Gasteiger partial charge in [0.1, 0.15) is 6.61 Å². The second-order valence-corrected chi connectivity index (χ2v) is 4.20. The average Bonchev–Trinajstić information content (AvgIpc) is 2.43. The Morgan fingerprint density at radius 1 is 1.32 bits per heavy atom. The van der Waals surface area contributed by atoms with Crippen LogP contribution in [0.15, 0.2) is 18.2 Å². The second kappa shape index (κ2) is 6.40. The molecule has 0 heterocycles. The van der Waals surface area contributed by atoms with Gasteiger partial charge in [-0.2, -0.15) is 0 Å². The number of methoxy groups -OCH3 is 2. The fourth-order valence-electron chi connectivity index (χ4n) is 1.43. The van der Waals surface area contributed by atoms with E-state index in [9.17, 15) is 9.90 Å². The first-order valence-corrected chi connectivity index (χ1v) is 5.66. The molecule has 1 unspecified atom stereocenters. The standard InChI is InChI=1S/C13H18O6/c1-13(16,12(15)18-3)8-19-10-5-4-9(7-14)6-11(10)17-2/h4-6,14,16H,7-8H2,1-3H3. The lowest BCUT2D eigenvalue weighted by atomic mass is 10.1. The third-order valence-corrected chi connectivity index (χ3v) is 2.54. The Bertz CT molecular complexity index is 441. The van der Waals surface area contributed by atoms with Crippen LogP contribution in [0.1, 0.15) is 12.5 Å². The predicted molar refractivity (Wildman–Crippen MR) is 67.1 cm³/mol. The van der Waals surface area contributed by atoms with Crippen LogP contribution in [0, 0.1) is 0 Å². The summed E-state index contributed by atoms with van der Waals surface area (Å²) in [6, 6.07) is 4.87. The minimum atomic E-state index is -1.74. The number of aliphatic hydroxyl groups excluding tert-OH is 1. The number of hydrogen-bond donors (Lipinski definition) is 2. The molecule has 19 heavy (non-hydrogen) atoms. The van der Waals surface area contributed by atoms with Crippen molar-refractivity contribution in [3.8, 4) is 11.5 Å². The van der Waals surface area contributed by atoms with Crippen LogP contribution in [0.4, 0.5) is 0 Å².